The number of alkyl halides is 7. The number of aryl methyl sites for hydroxylation is 2. The third kappa shape index (κ3) is 23.4. The summed E-state index contributed by atoms with van der Waals surface area (Å²) in [6.07, 6.45) is -1.12. The van der Waals surface area contributed by atoms with Gasteiger partial charge in [0.2, 0.25) is 17.8 Å². The fourth-order valence-electron chi connectivity index (χ4n) is 11.1. The quantitative estimate of drug-likeness (QED) is 0.0631. The number of nitrogens with zero attached hydrogens (tertiary/aromatic N) is 13. The third-order valence-electron chi connectivity index (χ3n) is 16.0. The second kappa shape index (κ2) is 33.7. The van der Waals surface area contributed by atoms with E-state index < -0.39 is 53.2 Å². The average Bonchev–Trinajstić information content (AvgIpc) is 1.14. The van der Waals surface area contributed by atoms with Gasteiger partial charge in [0.1, 0.15) is 56.9 Å². The molecule has 534 valence electrons. The van der Waals surface area contributed by atoms with Crippen molar-refractivity contribution in [2.75, 3.05) is 114 Å². The number of carbonyl (C=O) groups is 3. The second-order valence-corrected chi connectivity index (χ2v) is 29.2. The number of thiazole rings is 2. The van der Waals surface area contributed by atoms with E-state index in [1.807, 2.05) is 35.6 Å². The standard InChI is InChI=1S/C23H31F2N5O3S.C20H29F2N5O3S.C18H23F2N5OS.C3H5BrO/c1-15-14-34-20(26-15)19-27-17(29-9-11-32-12-10-29)13-18(28-19)30(21(31)33-22(2,3)4)16-5-7-23(24,25)8-6-16;1-19(2,3)30-18(28)27(13-4-6-20(21,22)7-5-13)15-12-14(24-17(25-15)16(23)31)26-8-10-29-11-9-26;1-12-11-27-17(21-12)16-23-14(22-13-2-4-18(19,20)5-3-13)10-15(24-16)25-6-8-26-9-7-25;1-3(5)2-4/h13-14,16H,5-12H2,1-4H3;12-13H,4-11H2,1-3H3,(H2,23,31);10-11,13H,2-9H2,1H3,(H,22,23,24);2H2,1H3. The summed E-state index contributed by atoms with van der Waals surface area (Å²) in [7, 11) is 0. The highest BCUT2D eigenvalue weighted by Gasteiger charge is 2.43. The summed E-state index contributed by atoms with van der Waals surface area (Å²) >= 11 is 11.0. The number of anilines is 6. The molecule has 3 aliphatic heterocycles. The van der Waals surface area contributed by atoms with E-state index in [-0.39, 0.29) is 92.7 Å². The van der Waals surface area contributed by atoms with E-state index in [1.54, 1.807) is 53.7 Å². The first-order valence-corrected chi connectivity index (χ1v) is 35.8. The van der Waals surface area contributed by atoms with Gasteiger partial charge in [0, 0.05) is 136 Å². The van der Waals surface area contributed by atoms with Gasteiger partial charge in [-0.3, -0.25) is 14.6 Å². The van der Waals surface area contributed by atoms with Gasteiger partial charge < -0.3 is 49.4 Å². The Morgan fingerprint density at radius 1 is 0.588 bits per heavy atom. The summed E-state index contributed by atoms with van der Waals surface area (Å²) in [4.78, 5) is 81.9. The maximum Gasteiger partial charge on any atom is 0.416 e. The summed E-state index contributed by atoms with van der Waals surface area (Å²) in [5, 5.41) is 9.11. The molecule has 0 bridgehead atoms. The van der Waals surface area contributed by atoms with Crippen LogP contribution in [0, 0.1) is 13.8 Å². The Balaban J connectivity index is 0.000000180. The number of aromatic nitrogens is 8. The molecule has 23 nitrogen and oxygen atoms in total. The third-order valence-corrected chi connectivity index (χ3v) is 18.9. The monoisotopic (exact) mass is 1480 g/mol. The highest BCUT2D eigenvalue weighted by Crippen LogP contribution is 2.41. The molecule has 3 saturated heterocycles. The van der Waals surface area contributed by atoms with Crippen LogP contribution in [0.3, 0.4) is 0 Å². The maximum atomic E-state index is 13.9. The van der Waals surface area contributed by atoms with Crippen molar-refractivity contribution >= 4 is 109 Å². The van der Waals surface area contributed by atoms with Crippen LogP contribution in [0.2, 0.25) is 0 Å². The van der Waals surface area contributed by atoms with Crippen LogP contribution in [-0.2, 0) is 28.5 Å². The Bertz CT molecular complexity index is 3430. The van der Waals surface area contributed by atoms with Crippen molar-refractivity contribution in [2.45, 2.75) is 186 Å². The van der Waals surface area contributed by atoms with Crippen LogP contribution < -0.4 is 35.6 Å². The molecule has 0 atom stereocenters. The minimum Gasteiger partial charge on any atom is -0.443 e. The van der Waals surface area contributed by atoms with E-state index in [0.717, 1.165) is 35.3 Å². The molecule has 3 aliphatic carbocycles. The summed E-state index contributed by atoms with van der Waals surface area (Å²) in [6.45, 7) is 23.5. The van der Waals surface area contributed by atoms with Gasteiger partial charge in [-0.15, -0.1) is 22.7 Å². The van der Waals surface area contributed by atoms with Crippen LogP contribution in [0.15, 0.2) is 29.0 Å². The lowest BCUT2D eigenvalue weighted by atomic mass is 9.91. The predicted octanol–water partition coefficient (Wildman–Crippen LogP) is 13.0. The Labute approximate surface area is 583 Å². The minimum absolute atomic E-state index is 0.00273. The van der Waals surface area contributed by atoms with Crippen LogP contribution in [-0.4, -0.2) is 194 Å². The smallest absolute Gasteiger partial charge is 0.416 e. The number of nitrogens with two attached hydrogens (primary N) is 1. The lowest BCUT2D eigenvalue weighted by molar-refractivity contribution is -0.114. The van der Waals surface area contributed by atoms with E-state index >= 15 is 0 Å². The average molecular weight is 1490 g/mol. The first-order chi connectivity index (χ1) is 45.7. The number of thiocarbonyl (C=S) groups is 1. The predicted molar refractivity (Wildman–Crippen MR) is 370 cm³/mol. The molecule has 0 radical (unpaired) electrons. The minimum atomic E-state index is -2.73. The van der Waals surface area contributed by atoms with Crippen molar-refractivity contribution in [3.63, 3.8) is 0 Å². The molecule has 8 heterocycles. The molecule has 0 spiro atoms. The van der Waals surface area contributed by atoms with Crippen molar-refractivity contribution in [2.24, 2.45) is 5.73 Å². The maximum absolute atomic E-state index is 13.9. The van der Waals surface area contributed by atoms with Crippen molar-refractivity contribution in [3.8, 4) is 21.7 Å². The van der Waals surface area contributed by atoms with Gasteiger partial charge in [-0.25, -0.2) is 75.8 Å². The van der Waals surface area contributed by atoms with E-state index in [1.165, 1.54) is 39.4 Å². The van der Waals surface area contributed by atoms with Crippen molar-refractivity contribution in [3.05, 3.63) is 46.2 Å². The van der Waals surface area contributed by atoms with Crippen LogP contribution in [0.5, 0.6) is 0 Å². The number of halogens is 7. The molecule has 33 heteroatoms. The second-order valence-electron chi connectivity index (χ2n) is 26.5. The molecule has 6 aliphatic rings. The zero-order valence-corrected chi connectivity index (χ0v) is 60.4. The number of carbonyl (C=O) groups excluding carboxylic acids is 3. The largest absolute Gasteiger partial charge is 0.443 e. The molecule has 5 aromatic heterocycles. The molecular formula is C64H88BrF6N15O8S3. The van der Waals surface area contributed by atoms with Crippen LogP contribution in [0.25, 0.3) is 21.7 Å². The fraction of sp³-hybridized carbons (Fsp3) is 0.656. The molecule has 0 unspecified atom stereocenters. The van der Waals surface area contributed by atoms with Crippen LogP contribution in [0.1, 0.15) is 143 Å². The van der Waals surface area contributed by atoms with Crippen molar-refractivity contribution < 1.29 is 64.4 Å². The lowest BCUT2D eigenvalue weighted by Crippen LogP contribution is -2.47. The molecule has 3 saturated carbocycles. The molecule has 3 N–H and O–H groups in total. The number of nitrogens with one attached hydrogen (secondary N) is 1. The number of ether oxygens (including phenoxy) is 5. The SMILES string of the molecule is CC(=O)CBr.CC(C)(C)OC(=O)N(c1cc(N2CCOCC2)nc(C(N)=S)n1)C1CCC(F)(F)CC1.Cc1csc(-c2nc(N3CCOCC3)cc(N(C(=O)OC(C)(C)C)C3CCC(F)(F)CC3)n2)n1.Cc1csc(-c2nc(NC3CCC(F)(F)CC3)cc(N3CCOCC3)n2)n1. The summed E-state index contributed by atoms with van der Waals surface area (Å²) in [5.74, 6) is -3.48. The molecule has 97 heavy (non-hydrogen) atoms. The number of Topliss-reactive ketones (excluding diaryl/α,β-unsaturated/α-hetero) is 1. The van der Waals surface area contributed by atoms with Crippen molar-refractivity contribution in [1.82, 2.24) is 39.9 Å². The van der Waals surface area contributed by atoms with E-state index in [4.69, 9.17) is 56.6 Å². The Kier molecular flexibility index (Phi) is 26.6. The van der Waals surface area contributed by atoms with Gasteiger partial charge in [-0.2, -0.15) is 0 Å². The number of amides is 2. The number of rotatable bonds is 13. The molecule has 11 rings (SSSR count). The van der Waals surface area contributed by atoms with Crippen LogP contribution in [0.4, 0.5) is 70.8 Å². The normalized spacial score (nSPS) is 19.2. The highest BCUT2D eigenvalue weighted by atomic mass is 79.9. The lowest BCUT2D eigenvalue weighted by Gasteiger charge is -2.37. The molecule has 6 fully saturated rings. The topological polar surface area (TPSA) is 255 Å². The highest BCUT2D eigenvalue weighted by molar-refractivity contribution is 9.09. The number of ketones is 1. The van der Waals surface area contributed by atoms with Gasteiger partial charge in [0.05, 0.1) is 45.0 Å². The summed E-state index contributed by atoms with van der Waals surface area (Å²) < 4.78 is 110. The Morgan fingerprint density at radius 3 is 1.29 bits per heavy atom. The van der Waals surface area contributed by atoms with Gasteiger partial charge in [0.15, 0.2) is 27.5 Å². The first kappa shape index (κ1) is 76.5. The molecule has 5 aromatic rings. The molecular weight excluding hydrogens is 1400 g/mol. The number of hydrogen-bond donors (Lipinski definition) is 2. The zero-order chi connectivity index (χ0) is 70.5. The number of morpholine rings is 3. The van der Waals surface area contributed by atoms with E-state index in [0.29, 0.717) is 124 Å². The van der Waals surface area contributed by atoms with E-state index in [2.05, 4.69) is 56.0 Å². The zero-order valence-electron chi connectivity index (χ0n) is 56.3. The van der Waals surface area contributed by atoms with Gasteiger partial charge in [-0.05, 0) is 101 Å². The Hall–Kier alpha value is -6.26. The fourth-order valence-corrected chi connectivity index (χ4v) is 12.7. The van der Waals surface area contributed by atoms with Crippen LogP contribution >= 0.6 is 50.8 Å². The van der Waals surface area contributed by atoms with Gasteiger partial charge >= 0.3 is 12.2 Å². The van der Waals surface area contributed by atoms with Crippen molar-refractivity contribution in [1.29, 1.82) is 0 Å². The number of hydrogen-bond acceptors (Lipinski definition) is 23. The molecule has 0 aromatic carbocycles. The molecule has 2 amide bonds. The summed E-state index contributed by atoms with van der Waals surface area (Å²) in [5.41, 5.74) is 6.07. The Morgan fingerprint density at radius 2 is 0.938 bits per heavy atom. The van der Waals surface area contributed by atoms with Gasteiger partial charge in [0.25, 0.3) is 0 Å². The first-order valence-electron chi connectivity index (χ1n) is 32.5. The van der Waals surface area contributed by atoms with Gasteiger partial charge in [-0.1, -0.05) is 28.1 Å². The van der Waals surface area contributed by atoms with E-state index in [9.17, 15) is 40.7 Å². The summed E-state index contributed by atoms with van der Waals surface area (Å²) in [6, 6.07) is 4.37.